The highest BCUT2D eigenvalue weighted by Gasteiger charge is 2.33. The van der Waals surface area contributed by atoms with Crippen molar-refractivity contribution in [1.82, 2.24) is 15.2 Å². The number of thiazole rings is 1. The maximum Gasteiger partial charge on any atom is 0.318 e. The Morgan fingerprint density at radius 1 is 1.70 bits per heavy atom. The van der Waals surface area contributed by atoms with Gasteiger partial charge < -0.3 is 15.0 Å². The molecule has 5 nitrogen and oxygen atoms in total. The molecule has 1 saturated heterocycles. The Kier molecular flexibility index (Phi) is 4.65. The molecule has 1 aromatic rings. The smallest absolute Gasteiger partial charge is 0.318 e. The van der Waals surface area contributed by atoms with Crippen LogP contribution in [0.4, 0.5) is 4.79 Å². The molecule has 1 N–H and O–H groups in total. The number of carbonyl (C=O) groups excluding carboxylic acids is 1. The van der Waals surface area contributed by atoms with Crippen LogP contribution in [0, 0.1) is 6.92 Å². The minimum Gasteiger partial charge on any atom is -0.372 e. The Labute approximate surface area is 124 Å². The molecule has 2 atom stereocenters. The number of hydrogen-bond acceptors (Lipinski definition) is 4. The zero-order chi connectivity index (χ0) is 14.8. The molecule has 0 unspecified atom stereocenters. The molecule has 1 fully saturated rings. The number of urea groups is 1. The quantitative estimate of drug-likeness (QED) is 0.933. The average Bonchev–Trinajstić information content (AvgIpc) is 2.85. The van der Waals surface area contributed by atoms with Crippen LogP contribution in [0.5, 0.6) is 0 Å². The third-order valence-corrected chi connectivity index (χ3v) is 4.82. The van der Waals surface area contributed by atoms with E-state index < -0.39 is 0 Å². The number of morpholine rings is 1. The Balaban J connectivity index is 1.94. The summed E-state index contributed by atoms with van der Waals surface area (Å²) in [7, 11) is 0. The van der Waals surface area contributed by atoms with Gasteiger partial charge in [-0.2, -0.15) is 0 Å². The van der Waals surface area contributed by atoms with E-state index >= 15 is 0 Å². The second-order valence-corrected chi connectivity index (χ2v) is 6.82. The van der Waals surface area contributed by atoms with E-state index in [9.17, 15) is 4.79 Å². The molecule has 112 valence electrons. The summed E-state index contributed by atoms with van der Waals surface area (Å²) in [6.45, 7) is 10.0. The molecule has 1 aromatic heterocycles. The molecule has 0 bridgehead atoms. The van der Waals surface area contributed by atoms with Gasteiger partial charge in [-0.1, -0.05) is 6.92 Å². The van der Waals surface area contributed by atoms with Gasteiger partial charge in [0.1, 0.15) is 5.01 Å². The molecule has 1 aliphatic heterocycles. The van der Waals surface area contributed by atoms with Gasteiger partial charge in [0.15, 0.2) is 0 Å². The number of carbonyl (C=O) groups is 1. The summed E-state index contributed by atoms with van der Waals surface area (Å²) in [5.41, 5.74) is -0.226. The molecule has 0 radical (unpaired) electrons. The van der Waals surface area contributed by atoms with E-state index in [1.807, 2.05) is 24.9 Å². The molecule has 0 saturated carbocycles. The molecule has 20 heavy (non-hydrogen) atoms. The summed E-state index contributed by atoms with van der Waals surface area (Å²) in [5.74, 6) is 0. The van der Waals surface area contributed by atoms with Crippen molar-refractivity contribution >= 4 is 17.4 Å². The molecule has 1 aliphatic rings. The van der Waals surface area contributed by atoms with Crippen molar-refractivity contribution in [1.29, 1.82) is 0 Å². The Hall–Kier alpha value is -1.14. The molecule has 2 rings (SSSR count). The lowest BCUT2D eigenvalue weighted by molar-refractivity contribution is -0.0874. The van der Waals surface area contributed by atoms with Gasteiger partial charge in [0.25, 0.3) is 0 Å². The number of hydrogen-bond donors (Lipinski definition) is 1. The summed E-state index contributed by atoms with van der Waals surface area (Å²) in [5, 5.41) is 3.97. The molecule has 0 spiro atoms. The lowest BCUT2D eigenvalue weighted by Gasteiger charge is -2.40. The number of aromatic nitrogens is 1. The predicted molar refractivity (Wildman–Crippen MR) is 80.0 cm³/mol. The summed E-state index contributed by atoms with van der Waals surface area (Å²) in [6.07, 6.45) is 2.74. The van der Waals surface area contributed by atoms with Crippen LogP contribution >= 0.6 is 11.3 Å². The Bertz CT molecular complexity index is 477. The van der Waals surface area contributed by atoms with Gasteiger partial charge in [0.05, 0.1) is 24.8 Å². The van der Waals surface area contributed by atoms with Crippen molar-refractivity contribution in [2.75, 3.05) is 19.7 Å². The largest absolute Gasteiger partial charge is 0.372 e. The zero-order valence-corrected chi connectivity index (χ0v) is 13.4. The number of nitrogens with zero attached hydrogens (tertiary/aromatic N) is 2. The number of nitrogens with one attached hydrogen (secondary N) is 1. The van der Waals surface area contributed by atoms with Crippen LogP contribution in [0.15, 0.2) is 6.20 Å². The summed E-state index contributed by atoms with van der Waals surface area (Å²) >= 11 is 1.62. The summed E-state index contributed by atoms with van der Waals surface area (Å²) in [6, 6.07) is -0.0924. The van der Waals surface area contributed by atoms with E-state index in [2.05, 4.69) is 24.1 Å². The fraction of sp³-hybridized carbons (Fsp3) is 0.714. The van der Waals surface area contributed by atoms with Crippen LogP contribution in [-0.2, 0) is 4.74 Å². The van der Waals surface area contributed by atoms with Gasteiger partial charge in [-0.15, -0.1) is 11.3 Å². The maximum absolute atomic E-state index is 12.3. The topological polar surface area (TPSA) is 54.5 Å². The first-order valence-electron chi connectivity index (χ1n) is 7.05. The molecule has 6 heteroatoms. The molecule has 0 aliphatic carbocycles. The van der Waals surface area contributed by atoms with Gasteiger partial charge in [-0.05, 0) is 27.2 Å². The van der Waals surface area contributed by atoms with Crippen molar-refractivity contribution in [3.05, 3.63) is 16.1 Å². The third-order valence-electron chi connectivity index (χ3n) is 3.72. The van der Waals surface area contributed by atoms with Crippen LogP contribution < -0.4 is 5.32 Å². The highest BCUT2D eigenvalue weighted by atomic mass is 32.1. The zero-order valence-electron chi connectivity index (χ0n) is 12.6. The summed E-state index contributed by atoms with van der Waals surface area (Å²) in [4.78, 5) is 19.6. The lowest BCUT2D eigenvalue weighted by Crippen LogP contribution is -2.54. The number of rotatable bonds is 3. The van der Waals surface area contributed by atoms with Crippen LogP contribution in [0.25, 0.3) is 0 Å². The van der Waals surface area contributed by atoms with Crippen LogP contribution in [0.3, 0.4) is 0 Å². The van der Waals surface area contributed by atoms with E-state index in [0.29, 0.717) is 19.7 Å². The van der Waals surface area contributed by atoms with Crippen molar-refractivity contribution < 1.29 is 9.53 Å². The van der Waals surface area contributed by atoms with E-state index in [1.165, 1.54) is 0 Å². The van der Waals surface area contributed by atoms with Crippen molar-refractivity contribution in [3.8, 4) is 0 Å². The van der Waals surface area contributed by atoms with Gasteiger partial charge in [-0.25, -0.2) is 9.78 Å². The number of amides is 2. The van der Waals surface area contributed by atoms with Crippen molar-refractivity contribution in [2.24, 2.45) is 0 Å². The van der Waals surface area contributed by atoms with E-state index in [1.54, 1.807) is 11.3 Å². The van der Waals surface area contributed by atoms with Crippen molar-refractivity contribution in [3.63, 3.8) is 0 Å². The standard InChI is InChI=1S/C14H23N3O2S/c1-5-14(4)9-17(6-7-19-14)13(18)16-11(3)12-15-8-10(2)20-12/h8,11H,5-7,9H2,1-4H3,(H,16,18)/t11-,14+/m1/s1. The van der Waals surface area contributed by atoms with Gasteiger partial charge in [0, 0.05) is 17.6 Å². The molecular weight excluding hydrogens is 274 g/mol. The first-order valence-corrected chi connectivity index (χ1v) is 7.87. The summed E-state index contributed by atoms with van der Waals surface area (Å²) < 4.78 is 5.76. The Morgan fingerprint density at radius 3 is 3.05 bits per heavy atom. The van der Waals surface area contributed by atoms with Crippen LogP contribution in [0.2, 0.25) is 0 Å². The minimum atomic E-state index is -0.226. The maximum atomic E-state index is 12.3. The highest BCUT2D eigenvalue weighted by Crippen LogP contribution is 2.22. The number of ether oxygens (including phenoxy) is 1. The first kappa shape index (κ1) is 15.3. The Morgan fingerprint density at radius 2 is 2.45 bits per heavy atom. The van der Waals surface area contributed by atoms with E-state index in [0.717, 1.165) is 16.3 Å². The van der Waals surface area contributed by atoms with Crippen LogP contribution in [0.1, 0.15) is 43.1 Å². The highest BCUT2D eigenvalue weighted by molar-refractivity contribution is 7.11. The predicted octanol–water partition coefficient (Wildman–Crippen LogP) is 2.72. The molecule has 2 heterocycles. The van der Waals surface area contributed by atoms with E-state index in [4.69, 9.17) is 4.74 Å². The molecular formula is C14H23N3O2S. The number of aryl methyl sites for hydroxylation is 1. The second kappa shape index (κ2) is 6.10. The lowest BCUT2D eigenvalue weighted by atomic mass is 10.0. The van der Waals surface area contributed by atoms with E-state index in [-0.39, 0.29) is 17.7 Å². The second-order valence-electron chi connectivity index (χ2n) is 5.55. The minimum absolute atomic E-state index is 0.0340. The average molecular weight is 297 g/mol. The molecule has 2 amide bonds. The SMILES string of the molecule is CC[C@@]1(C)CN(C(=O)N[C@H](C)c2ncc(C)s2)CCO1. The first-order chi connectivity index (χ1) is 9.43. The van der Waals surface area contributed by atoms with Crippen molar-refractivity contribution in [2.45, 2.75) is 45.8 Å². The van der Waals surface area contributed by atoms with Crippen LogP contribution in [-0.4, -0.2) is 41.2 Å². The fourth-order valence-corrected chi connectivity index (χ4v) is 3.00. The van der Waals surface area contributed by atoms with Gasteiger partial charge in [-0.3, -0.25) is 0 Å². The monoisotopic (exact) mass is 297 g/mol. The van der Waals surface area contributed by atoms with Gasteiger partial charge in [0.2, 0.25) is 0 Å². The fourth-order valence-electron chi connectivity index (χ4n) is 2.23. The third kappa shape index (κ3) is 3.49. The van der Waals surface area contributed by atoms with Gasteiger partial charge >= 0.3 is 6.03 Å². The normalized spacial score (nSPS) is 24.5. The molecule has 0 aromatic carbocycles.